The van der Waals surface area contributed by atoms with Crippen LogP contribution < -0.4 is 15.4 Å². The van der Waals surface area contributed by atoms with Gasteiger partial charge in [0.2, 0.25) is 5.91 Å². The highest BCUT2D eigenvalue weighted by molar-refractivity contribution is 5.92. The Balaban J connectivity index is 1.51. The zero-order valence-corrected chi connectivity index (χ0v) is 18.9. The van der Waals surface area contributed by atoms with Crippen molar-refractivity contribution in [2.24, 2.45) is 0 Å². The molecule has 0 spiro atoms. The fourth-order valence-corrected chi connectivity index (χ4v) is 3.32. The van der Waals surface area contributed by atoms with Gasteiger partial charge in [0.15, 0.2) is 0 Å². The van der Waals surface area contributed by atoms with Gasteiger partial charge in [-0.25, -0.2) is 9.97 Å². The van der Waals surface area contributed by atoms with E-state index < -0.39 is 12.5 Å². The number of nitrogens with zero attached hydrogens (tertiary/aromatic N) is 3. The highest BCUT2D eigenvalue weighted by Gasteiger charge is 2.08. The van der Waals surface area contributed by atoms with E-state index in [0.29, 0.717) is 18.1 Å². The number of hydrogen-bond donors (Lipinski definition) is 3. The summed E-state index contributed by atoms with van der Waals surface area (Å²) >= 11 is 0. The second kappa shape index (κ2) is 10.5. The summed E-state index contributed by atoms with van der Waals surface area (Å²) in [5, 5.41) is 15.6. The van der Waals surface area contributed by atoms with Gasteiger partial charge in [-0.15, -0.1) is 0 Å². The lowest BCUT2D eigenvalue weighted by Crippen LogP contribution is -2.25. The fraction of sp³-hybridized carbons (Fsp3) is 0.154. The molecule has 3 N–H and O–H groups in total. The summed E-state index contributed by atoms with van der Waals surface area (Å²) < 4.78 is 5.96. The zero-order chi connectivity index (χ0) is 23.9. The van der Waals surface area contributed by atoms with Crippen LogP contribution in [0.2, 0.25) is 0 Å². The largest absolute Gasteiger partial charge is 0.455 e. The van der Waals surface area contributed by atoms with Crippen molar-refractivity contribution in [2.75, 3.05) is 18.5 Å². The summed E-state index contributed by atoms with van der Waals surface area (Å²) in [6.07, 6.45) is 6.95. The molecule has 0 atom stereocenters. The van der Waals surface area contributed by atoms with Crippen LogP contribution in [0.15, 0.2) is 67.1 Å². The molecule has 0 radical (unpaired) electrons. The number of nitrogens with one attached hydrogen (secondary N) is 2. The van der Waals surface area contributed by atoms with E-state index in [0.717, 1.165) is 39.2 Å². The third kappa shape index (κ3) is 5.73. The van der Waals surface area contributed by atoms with Crippen molar-refractivity contribution >= 4 is 34.4 Å². The van der Waals surface area contributed by atoms with Crippen molar-refractivity contribution in [1.29, 1.82) is 0 Å². The Labute approximate surface area is 197 Å². The standard InChI is InChI=1S/C26H25N5O3/c1-17-12-20(7-10-24(17)34-21-8-5-18(2)28-14-21)31-26-22-13-19(4-3-11-27-25(33)15-32)6-9-23(22)29-16-30-26/h3-10,12-14,16,32H,11,15H2,1-2H3,(H,27,33)(H,29,30,31)/b4-3+. The van der Waals surface area contributed by atoms with E-state index in [4.69, 9.17) is 9.84 Å². The number of fused-ring (bicyclic) bond motifs is 1. The van der Waals surface area contributed by atoms with Crippen molar-refractivity contribution in [1.82, 2.24) is 20.3 Å². The normalized spacial score (nSPS) is 11.0. The Morgan fingerprint density at radius 2 is 1.94 bits per heavy atom. The van der Waals surface area contributed by atoms with E-state index in [1.54, 1.807) is 6.20 Å². The average Bonchev–Trinajstić information content (AvgIpc) is 2.85. The molecule has 1 amide bonds. The molecule has 8 nitrogen and oxygen atoms in total. The van der Waals surface area contributed by atoms with Crippen molar-refractivity contribution in [3.8, 4) is 11.5 Å². The summed E-state index contributed by atoms with van der Waals surface area (Å²) in [6.45, 7) is 3.73. The van der Waals surface area contributed by atoms with Gasteiger partial charge in [-0.05, 0) is 67.4 Å². The summed E-state index contributed by atoms with van der Waals surface area (Å²) in [7, 11) is 0. The number of hydrogen-bond acceptors (Lipinski definition) is 7. The van der Waals surface area contributed by atoms with Crippen molar-refractivity contribution in [3.05, 3.63) is 84.0 Å². The molecule has 2 aromatic carbocycles. The Kier molecular flexibility index (Phi) is 7.10. The van der Waals surface area contributed by atoms with E-state index in [2.05, 4.69) is 25.6 Å². The Hall–Kier alpha value is -4.30. The molecule has 0 aliphatic carbocycles. The number of ether oxygens (including phenoxy) is 1. The van der Waals surface area contributed by atoms with Gasteiger partial charge in [-0.1, -0.05) is 18.2 Å². The predicted octanol–water partition coefficient (Wildman–Crippen LogP) is 4.30. The molecule has 0 bridgehead atoms. The summed E-state index contributed by atoms with van der Waals surface area (Å²) in [5.41, 5.74) is 4.53. The molecule has 172 valence electrons. The molecule has 0 aliphatic rings. The van der Waals surface area contributed by atoms with Crippen LogP contribution in [0.1, 0.15) is 16.8 Å². The SMILES string of the molecule is Cc1ccc(Oc2ccc(Nc3ncnc4ccc(/C=C/CNC(=O)CO)cc34)cc2C)cn1. The Morgan fingerprint density at radius 1 is 1.06 bits per heavy atom. The maximum atomic E-state index is 11.1. The van der Waals surface area contributed by atoms with Gasteiger partial charge in [-0.3, -0.25) is 9.78 Å². The second-order valence-electron chi connectivity index (χ2n) is 7.71. The molecule has 0 aliphatic heterocycles. The molecule has 2 heterocycles. The van der Waals surface area contributed by atoms with Gasteiger partial charge < -0.3 is 20.5 Å². The fourth-order valence-electron chi connectivity index (χ4n) is 3.32. The number of aromatic nitrogens is 3. The van der Waals surface area contributed by atoms with E-state index in [1.165, 1.54) is 6.33 Å². The molecule has 4 aromatic rings. The van der Waals surface area contributed by atoms with Gasteiger partial charge in [0.05, 0.1) is 11.7 Å². The van der Waals surface area contributed by atoms with E-state index >= 15 is 0 Å². The first-order valence-electron chi connectivity index (χ1n) is 10.8. The third-order valence-corrected chi connectivity index (χ3v) is 5.08. The molecule has 0 saturated heterocycles. The lowest BCUT2D eigenvalue weighted by Gasteiger charge is -2.12. The topological polar surface area (TPSA) is 109 Å². The zero-order valence-electron chi connectivity index (χ0n) is 18.9. The number of aryl methyl sites for hydroxylation is 2. The monoisotopic (exact) mass is 455 g/mol. The minimum Gasteiger partial charge on any atom is -0.455 e. The maximum Gasteiger partial charge on any atom is 0.245 e. The predicted molar refractivity (Wildman–Crippen MR) is 132 cm³/mol. The molecule has 8 heteroatoms. The maximum absolute atomic E-state index is 11.1. The summed E-state index contributed by atoms with van der Waals surface area (Å²) in [6, 6.07) is 15.5. The number of benzene rings is 2. The lowest BCUT2D eigenvalue weighted by molar-refractivity contribution is -0.123. The van der Waals surface area contributed by atoms with Gasteiger partial charge in [-0.2, -0.15) is 0 Å². The molecule has 0 fully saturated rings. The first kappa shape index (κ1) is 22.9. The Morgan fingerprint density at radius 3 is 2.71 bits per heavy atom. The van der Waals surface area contributed by atoms with Crippen LogP contribution in [0, 0.1) is 13.8 Å². The molecule has 0 unspecified atom stereocenters. The second-order valence-corrected chi connectivity index (χ2v) is 7.71. The number of carbonyl (C=O) groups excluding carboxylic acids is 1. The third-order valence-electron chi connectivity index (χ3n) is 5.08. The van der Waals surface area contributed by atoms with Gasteiger partial charge in [0.25, 0.3) is 0 Å². The number of rotatable bonds is 8. The van der Waals surface area contributed by atoms with Crippen LogP contribution in [0.4, 0.5) is 11.5 Å². The van der Waals surface area contributed by atoms with E-state index in [-0.39, 0.29) is 0 Å². The number of amides is 1. The number of aliphatic hydroxyl groups excluding tert-OH is 1. The van der Waals surface area contributed by atoms with E-state index in [1.807, 2.05) is 74.5 Å². The molecular formula is C26H25N5O3. The van der Waals surface area contributed by atoms with Crippen molar-refractivity contribution < 1.29 is 14.6 Å². The minimum atomic E-state index is -0.522. The highest BCUT2D eigenvalue weighted by atomic mass is 16.5. The molecule has 4 rings (SSSR count). The Bertz CT molecular complexity index is 1340. The summed E-state index contributed by atoms with van der Waals surface area (Å²) in [4.78, 5) is 24.2. The van der Waals surface area contributed by atoms with Crippen LogP contribution in [-0.2, 0) is 4.79 Å². The molecule has 0 saturated carbocycles. The summed E-state index contributed by atoms with van der Waals surface area (Å²) in [5.74, 6) is 1.71. The first-order valence-corrected chi connectivity index (χ1v) is 10.8. The highest BCUT2D eigenvalue weighted by Crippen LogP contribution is 2.30. The van der Waals surface area contributed by atoms with Crippen LogP contribution in [0.5, 0.6) is 11.5 Å². The van der Waals surface area contributed by atoms with Crippen molar-refractivity contribution in [2.45, 2.75) is 13.8 Å². The van der Waals surface area contributed by atoms with Crippen molar-refractivity contribution in [3.63, 3.8) is 0 Å². The number of anilines is 2. The smallest absolute Gasteiger partial charge is 0.245 e. The first-order chi connectivity index (χ1) is 16.5. The van der Waals surface area contributed by atoms with E-state index in [9.17, 15) is 4.79 Å². The number of aliphatic hydroxyl groups is 1. The average molecular weight is 456 g/mol. The molecular weight excluding hydrogens is 430 g/mol. The minimum absolute atomic E-state index is 0.334. The quantitative estimate of drug-likeness (QED) is 0.363. The van der Waals surface area contributed by atoms with Crippen LogP contribution >= 0.6 is 0 Å². The number of pyridine rings is 1. The van der Waals surface area contributed by atoms with Gasteiger partial charge in [0.1, 0.15) is 30.3 Å². The van der Waals surface area contributed by atoms with Crippen LogP contribution in [0.25, 0.3) is 17.0 Å². The van der Waals surface area contributed by atoms with Gasteiger partial charge >= 0.3 is 0 Å². The molecule has 34 heavy (non-hydrogen) atoms. The van der Waals surface area contributed by atoms with Crippen LogP contribution in [0.3, 0.4) is 0 Å². The lowest BCUT2D eigenvalue weighted by atomic mass is 10.1. The van der Waals surface area contributed by atoms with Crippen LogP contribution in [-0.4, -0.2) is 39.1 Å². The van der Waals surface area contributed by atoms with Gasteiger partial charge in [0, 0.05) is 23.3 Å². The molecule has 2 aromatic heterocycles. The number of carbonyl (C=O) groups is 1.